The number of guanidine groups is 1. The van der Waals surface area contributed by atoms with Crippen molar-refractivity contribution in [1.29, 1.82) is 0 Å². The molecule has 1 fully saturated rings. The molecule has 1 saturated heterocycles. The number of aromatic nitrogens is 2. The average Bonchev–Trinajstić information content (AvgIpc) is 3.15. The second-order valence-electron chi connectivity index (χ2n) is 7.99. The van der Waals surface area contributed by atoms with Crippen LogP contribution in [0.25, 0.3) is 0 Å². The van der Waals surface area contributed by atoms with Crippen molar-refractivity contribution in [3.05, 3.63) is 18.0 Å². The highest BCUT2D eigenvalue weighted by molar-refractivity contribution is 14.0. The predicted octanol–water partition coefficient (Wildman–Crippen LogP) is 2.08. The minimum absolute atomic E-state index is 0. The van der Waals surface area contributed by atoms with E-state index in [-0.39, 0.29) is 29.7 Å². The molecule has 1 N–H and O–H groups in total. The van der Waals surface area contributed by atoms with Gasteiger partial charge in [0.15, 0.2) is 15.8 Å². The highest BCUT2D eigenvalue weighted by Crippen LogP contribution is 2.21. The third-order valence-electron chi connectivity index (χ3n) is 4.76. The maximum atomic E-state index is 12.3. The lowest BCUT2D eigenvalue weighted by atomic mass is 10.0. The fraction of sp³-hybridized carbons (Fsp3) is 0.778. The lowest BCUT2D eigenvalue weighted by molar-refractivity contribution is 0.460. The summed E-state index contributed by atoms with van der Waals surface area (Å²) in [7, 11) is -1.21. The standard InChI is InChI=1S/C18H33N5O2S.HI/c1-6-19-17(20-8-10-26(24,25)18(2,3)4)23-9-7-15(14-23)11-16-12-21-22(5)13-16;/h12-13,15H,6-11,14H2,1-5H3,(H,19,20);1H. The van der Waals surface area contributed by atoms with Gasteiger partial charge in [-0.05, 0) is 52.0 Å². The third-order valence-corrected chi connectivity index (χ3v) is 7.34. The summed E-state index contributed by atoms with van der Waals surface area (Å²) in [6.07, 6.45) is 6.13. The topological polar surface area (TPSA) is 79.6 Å². The fourth-order valence-corrected chi connectivity index (χ4v) is 4.05. The van der Waals surface area contributed by atoms with Crippen molar-refractivity contribution in [3.63, 3.8) is 0 Å². The number of aryl methyl sites for hydroxylation is 1. The van der Waals surface area contributed by atoms with Gasteiger partial charge in [-0.25, -0.2) is 8.42 Å². The molecule has 0 radical (unpaired) electrons. The van der Waals surface area contributed by atoms with Gasteiger partial charge in [0.25, 0.3) is 0 Å². The van der Waals surface area contributed by atoms with E-state index in [0.717, 1.165) is 38.4 Å². The Bertz CT molecular complexity index is 724. The van der Waals surface area contributed by atoms with E-state index in [0.29, 0.717) is 12.5 Å². The first kappa shape index (κ1) is 24.2. The van der Waals surface area contributed by atoms with Gasteiger partial charge in [-0.1, -0.05) is 0 Å². The molecule has 156 valence electrons. The van der Waals surface area contributed by atoms with Gasteiger partial charge in [-0.3, -0.25) is 9.67 Å². The van der Waals surface area contributed by atoms with E-state index in [9.17, 15) is 8.42 Å². The van der Waals surface area contributed by atoms with Crippen LogP contribution in [0.4, 0.5) is 0 Å². The quantitative estimate of drug-likeness (QED) is 0.360. The Morgan fingerprint density at radius 3 is 2.67 bits per heavy atom. The number of nitrogens with one attached hydrogen (secondary N) is 1. The van der Waals surface area contributed by atoms with E-state index < -0.39 is 14.6 Å². The van der Waals surface area contributed by atoms with Gasteiger partial charge in [0.1, 0.15) is 0 Å². The number of aliphatic imine (C=N–C) groups is 1. The summed E-state index contributed by atoms with van der Waals surface area (Å²) in [6, 6.07) is 0. The second-order valence-corrected chi connectivity index (χ2v) is 10.9. The number of halogens is 1. The van der Waals surface area contributed by atoms with Gasteiger partial charge in [0, 0.05) is 32.9 Å². The van der Waals surface area contributed by atoms with Crippen molar-refractivity contribution in [3.8, 4) is 0 Å². The molecule has 1 atom stereocenters. The van der Waals surface area contributed by atoms with Crippen molar-refractivity contribution in [2.75, 3.05) is 31.9 Å². The molecule has 0 spiro atoms. The Morgan fingerprint density at radius 2 is 2.11 bits per heavy atom. The summed E-state index contributed by atoms with van der Waals surface area (Å²) >= 11 is 0. The van der Waals surface area contributed by atoms with Crippen molar-refractivity contribution < 1.29 is 8.42 Å². The van der Waals surface area contributed by atoms with Crippen LogP contribution in [-0.2, 0) is 23.3 Å². The number of sulfone groups is 1. The van der Waals surface area contributed by atoms with E-state index in [1.807, 2.05) is 24.9 Å². The Morgan fingerprint density at radius 1 is 1.41 bits per heavy atom. The van der Waals surface area contributed by atoms with E-state index in [1.165, 1.54) is 5.56 Å². The van der Waals surface area contributed by atoms with Crippen molar-refractivity contribution in [1.82, 2.24) is 20.0 Å². The van der Waals surface area contributed by atoms with Crippen LogP contribution in [0.1, 0.15) is 39.7 Å². The summed E-state index contributed by atoms with van der Waals surface area (Å²) in [5.41, 5.74) is 1.26. The van der Waals surface area contributed by atoms with Crippen LogP contribution in [0, 0.1) is 5.92 Å². The molecule has 0 bridgehead atoms. The molecule has 0 saturated carbocycles. The Hall–Kier alpha value is -0.840. The molecule has 7 nitrogen and oxygen atoms in total. The fourth-order valence-electron chi connectivity index (χ4n) is 3.11. The number of rotatable bonds is 6. The Labute approximate surface area is 180 Å². The first-order valence-electron chi connectivity index (χ1n) is 9.35. The minimum Gasteiger partial charge on any atom is -0.357 e. The van der Waals surface area contributed by atoms with Gasteiger partial charge in [0.05, 0.1) is 23.2 Å². The third kappa shape index (κ3) is 6.92. The zero-order valence-corrected chi connectivity index (χ0v) is 20.3. The normalized spacial score (nSPS) is 18.5. The van der Waals surface area contributed by atoms with Crippen LogP contribution >= 0.6 is 24.0 Å². The summed E-state index contributed by atoms with van der Waals surface area (Å²) in [5, 5.41) is 7.54. The molecular weight excluding hydrogens is 477 g/mol. The molecular formula is C18H34IN5O2S. The molecule has 1 aliphatic heterocycles. The molecule has 1 aromatic heterocycles. The van der Waals surface area contributed by atoms with Crippen molar-refractivity contribution in [2.45, 2.75) is 45.3 Å². The average molecular weight is 511 g/mol. The monoisotopic (exact) mass is 511 g/mol. The van der Waals surface area contributed by atoms with Gasteiger partial charge in [-0.15, -0.1) is 24.0 Å². The molecule has 1 unspecified atom stereocenters. The molecule has 0 amide bonds. The van der Waals surface area contributed by atoms with E-state index in [4.69, 9.17) is 0 Å². The van der Waals surface area contributed by atoms with Crippen LogP contribution in [0.2, 0.25) is 0 Å². The number of hydrogen-bond acceptors (Lipinski definition) is 4. The van der Waals surface area contributed by atoms with Crippen LogP contribution in [-0.4, -0.2) is 65.7 Å². The van der Waals surface area contributed by atoms with E-state index in [1.54, 1.807) is 20.8 Å². The molecule has 1 aromatic rings. The zero-order chi connectivity index (χ0) is 19.4. The van der Waals surface area contributed by atoms with Gasteiger partial charge in [-0.2, -0.15) is 5.10 Å². The van der Waals surface area contributed by atoms with Gasteiger partial charge in [0.2, 0.25) is 0 Å². The Balaban J connectivity index is 0.00000364. The molecule has 9 heteroatoms. The van der Waals surface area contributed by atoms with E-state index >= 15 is 0 Å². The predicted molar refractivity (Wildman–Crippen MR) is 122 cm³/mol. The summed E-state index contributed by atoms with van der Waals surface area (Å²) in [6.45, 7) is 10.2. The second kappa shape index (κ2) is 10.1. The summed E-state index contributed by atoms with van der Waals surface area (Å²) < 4.78 is 25.6. The number of hydrogen-bond donors (Lipinski definition) is 1. The lowest BCUT2D eigenvalue weighted by Gasteiger charge is -2.22. The van der Waals surface area contributed by atoms with Crippen LogP contribution in [0.5, 0.6) is 0 Å². The smallest absolute Gasteiger partial charge is 0.193 e. The van der Waals surface area contributed by atoms with Crippen LogP contribution in [0.3, 0.4) is 0 Å². The zero-order valence-electron chi connectivity index (χ0n) is 17.1. The highest BCUT2D eigenvalue weighted by Gasteiger charge is 2.29. The summed E-state index contributed by atoms with van der Waals surface area (Å²) in [4.78, 5) is 6.82. The maximum absolute atomic E-state index is 12.3. The molecule has 27 heavy (non-hydrogen) atoms. The van der Waals surface area contributed by atoms with E-state index in [2.05, 4.69) is 26.5 Å². The first-order chi connectivity index (χ1) is 12.1. The molecule has 0 aromatic carbocycles. The minimum atomic E-state index is -3.14. The van der Waals surface area contributed by atoms with Crippen molar-refractivity contribution >= 4 is 39.8 Å². The lowest BCUT2D eigenvalue weighted by Crippen LogP contribution is -2.40. The SMILES string of the molecule is CCNC(=NCCS(=O)(=O)C(C)(C)C)N1CCC(Cc2cnn(C)c2)C1.I. The maximum Gasteiger partial charge on any atom is 0.193 e. The Kier molecular flexibility index (Phi) is 9.04. The van der Waals surface area contributed by atoms with Crippen LogP contribution < -0.4 is 5.32 Å². The molecule has 2 rings (SSSR count). The van der Waals surface area contributed by atoms with Crippen molar-refractivity contribution in [2.24, 2.45) is 18.0 Å². The number of nitrogens with zero attached hydrogens (tertiary/aromatic N) is 4. The molecule has 0 aliphatic carbocycles. The van der Waals surface area contributed by atoms with Gasteiger partial charge < -0.3 is 10.2 Å². The van der Waals surface area contributed by atoms with Crippen LogP contribution in [0.15, 0.2) is 17.4 Å². The largest absolute Gasteiger partial charge is 0.357 e. The summed E-state index contributed by atoms with van der Waals surface area (Å²) in [5.74, 6) is 1.48. The number of likely N-dealkylation sites (tertiary alicyclic amines) is 1. The molecule has 2 heterocycles. The highest BCUT2D eigenvalue weighted by atomic mass is 127. The molecule has 1 aliphatic rings. The first-order valence-corrected chi connectivity index (χ1v) is 11.0. The van der Waals surface area contributed by atoms with Gasteiger partial charge >= 0.3 is 0 Å².